The largest absolute Gasteiger partial charge is 0.454 e. The van der Waals surface area contributed by atoms with Crippen LogP contribution in [0.25, 0.3) is 0 Å². The van der Waals surface area contributed by atoms with Gasteiger partial charge < -0.3 is 15.4 Å². The summed E-state index contributed by atoms with van der Waals surface area (Å²) in [6.07, 6.45) is 0. The molecule has 2 rings (SSSR count). The van der Waals surface area contributed by atoms with Crippen molar-refractivity contribution in [1.82, 2.24) is 5.32 Å². The number of benzene rings is 2. The van der Waals surface area contributed by atoms with Crippen molar-refractivity contribution in [2.24, 2.45) is 5.92 Å². The summed E-state index contributed by atoms with van der Waals surface area (Å²) in [6, 6.07) is 9.44. The number of non-ortho nitro benzene ring substituents is 1. The second kappa shape index (κ2) is 10.5. The third-order valence-electron chi connectivity index (χ3n) is 4.30. The van der Waals surface area contributed by atoms with E-state index in [2.05, 4.69) is 10.6 Å². The summed E-state index contributed by atoms with van der Waals surface area (Å²) >= 11 is 5.97. The summed E-state index contributed by atoms with van der Waals surface area (Å²) in [5, 5.41) is 15.8. The molecule has 164 valence electrons. The zero-order valence-electron chi connectivity index (χ0n) is 17.2. The van der Waals surface area contributed by atoms with E-state index in [4.69, 9.17) is 16.3 Å². The van der Waals surface area contributed by atoms with Gasteiger partial charge >= 0.3 is 5.97 Å². The fraction of sp³-hybridized carbons (Fsp3) is 0.286. The first-order valence-corrected chi connectivity index (χ1v) is 9.74. The van der Waals surface area contributed by atoms with Crippen LogP contribution in [-0.2, 0) is 14.3 Å². The molecule has 0 aliphatic rings. The third kappa shape index (κ3) is 6.78. The predicted molar refractivity (Wildman–Crippen MR) is 115 cm³/mol. The monoisotopic (exact) mass is 447 g/mol. The summed E-state index contributed by atoms with van der Waals surface area (Å²) < 4.78 is 5.05. The van der Waals surface area contributed by atoms with E-state index in [1.165, 1.54) is 6.07 Å². The van der Waals surface area contributed by atoms with Gasteiger partial charge in [-0.05, 0) is 31.0 Å². The average Bonchev–Trinajstić information content (AvgIpc) is 2.71. The molecule has 0 saturated heterocycles. The van der Waals surface area contributed by atoms with E-state index in [-0.39, 0.29) is 22.2 Å². The van der Waals surface area contributed by atoms with Crippen molar-refractivity contribution >= 4 is 40.8 Å². The van der Waals surface area contributed by atoms with E-state index in [1.54, 1.807) is 26.0 Å². The molecule has 0 saturated carbocycles. The summed E-state index contributed by atoms with van der Waals surface area (Å²) in [5.74, 6) is -2.36. The molecular formula is C21H22ClN3O6. The van der Waals surface area contributed by atoms with Gasteiger partial charge in [0.15, 0.2) is 6.61 Å². The SMILES string of the molecule is Cc1ccc(NC(=O)COC(=O)[C@@H](NC(=O)c2ccc([N+](=O)[O-])cc2Cl)C(C)C)cc1. The summed E-state index contributed by atoms with van der Waals surface area (Å²) in [6.45, 7) is 4.77. The van der Waals surface area contributed by atoms with Gasteiger partial charge in [-0.2, -0.15) is 0 Å². The molecule has 0 spiro atoms. The van der Waals surface area contributed by atoms with Crippen LogP contribution in [0.2, 0.25) is 5.02 Å². The molecule has 0 heterocycles. The number of esters is 1. The molecule has 0 aliphatic heterocycles. The van der Waals surface area contributed by atoms with E-state index >= 15 is 0 Å². The molecule has 0 radical (unpaired) electrons. The zero-order valence-corrected chi connectivity index (χ0v) is 17.9. The first-order valence-electron chi connectivity index (χ1n) is 9.36. The number of halogens is 1. The maximum atomic E-state index is 12.5. The number of amides is 2. The van der Waals surface area contributed by atoms with E-state index in [0.29, 0.717) is 5.69 Å². The number of aryl methyl sites for hydroxylation is 1. The van der Waals surface area contributed by atoms with Gasteiger partial charge in [-0.1, -0.05) is 43.1 Å². The van der Waals surface area contributed by atoms with Gasteiger partial charge in [0.2, 0.25) is 0 Å². The lowest BCUT2D eigenvalue weighted by molar-refractivity contribution is -0.384. The number of nitro groups is 1. The molecule has 2 aromatic rings. The van der Waals surface area contributed by atoms with Gasteiger partial charge in [-0.15, -0.1) is 0 Å². The molecule has 0 bridgehead atoms. The Morgan fingerprint density at radius 2 is 1.77 bits per heavy atom. The minimum atomic E-state index is -1.05. The molecule has 0 aliphatic carbocycles. The fourth-order valence-electron chi connectivity index (χ4n) is 2.58. The number of ether oxygens (including phenoxy) is 1. The van der Waals surface area contributed by atoms with Crippen molar-refractivity contribution in [3.63, 3.8) is 0 Å². The standard InChI is InChI=1S/C21H22ClN3O6/c1-12(2)19(24-20(27)16-9-8-15(25(29)30)10-17(16)22)21(28)31-11-18(26)23-14-6-4-13(3)5-7-14/h4-10,12,19H,11H2,1-3H3,(H,23,26)(H,24,27)/t19-/m0/s1. The van der Waals surface area contributed by atoms with Gasteiger partial charge in [0.1, 0.15) is 6.04 Å². The van der Waals surface area contributed by atoms with Crippen LogP contribution in [0.4, 0.5) is 11.4 Å². The third-order valence-corrected chi connectivity index (χ3v) is 4.61. The van der Waals surface area contributed by atoms with Crippen molar-refractivity contribution in [2.45, 2.75) is 26.8 Å². The molecule has 2 N–H and O–H groups in total. The normalized spacial score (nSPS) is 11.5. The van der Waals surface area contributed by atoms with Gasteiger partial charge in [0, 0.05) is 17.8 Å². The molecule has 0 aromatic heterocycles. The highest BCUT2D eigenvalue weighted by Crippen LogP contribution is 2.22. The van der Waals surface area contributed by atoms with Crippen LogP contribution in [0.15, 0.2) is 42.5 Å². The Kier molecular flexibility index (Phi) is 8.09. The van der Waals surface area contributed by atoms with Crippen molar-refractivity contribution in [3.05, 3.63) is 68.7 Å². The number of carbonyl (C=O) groups is 3. The zero-order chi connectivity index (χ0) is 23.1. The first-order chi connectivity index (χ1) is 14.6. The molecule has 1 atom stereocenters. The van der Waals surface area contributed by atoms with Crippen molar-refractivity contribution in [3.8, 4) is 0 Å². The van der Waals surface area contributed by atoms with Crippen molar-refractivity contribution < 1.29 is 24.0 Å². The van der Waals surface area contributed by atoms with Crippen LogP contribution >= 0.6 is 11.6 Å². The lowest BCUT2D eigenvalue weighted by atomic mass is 10.0. The van der Waals surface area contributed by atoms with Crippen LogP contribution in [0.5, 0.6) is 0 Å². The predicted octanol–water partition coefficient (Wildman–Crippen LogP) is 3.49. The van der Waals surface area contributed by atoms with E-state index in [9.17, 15) is 24.5 Å². The average molecular weight is 448 g/mol. The van der Waals surface area contributed by atoms with E-state index in [1.807, 2.05) is 19.1 Å². The Balaban J connectivity index is 1.98. The Hall–Kier alpha value is -3.46. The van der Waals surface area contributed by atoms with Crippen LogP contribution in [-0.4, -0.2) is 35.4 Å². The maximum absolute atomic E-state index is 12.5. The second-order valence-corrected chi connectivity index (χ2v) is 7.55. The van der Waals surface area contributed by atoms with Gasteiger partial charge in [0.05, 0.1) is 15.5 Å². The van der Waals surface area contributed by atoms with Gasteiger partial charge in [0.25, 0.3) is 17.5 Å². The minimum Gasteiger partial charge on any atom is -0.454 e. The number of carbonyl (C=O) groups excluding carboxylic acids is 3. The van der Waals surface area contributed by atoms with E-state index in [0.717, 1.165) is 17.7 Å². The Morgan fingerprint density at radius 3 is 2.32 bits per heavy atom. The maximum Gasteiger partial charge on any atom is 0.329 e. The van der Waals surface area contributed by atoms with Crippen LogP contribution in [0.3, 0.4) is 0 Å². The fourth-order valence-corrected chi connectivity index (χ4v) is 2.84. The Morgan fingerprint density at radius 1 is 1.13 bits per heavy atom. The molecule has 2 amide bonds. The van der Waals surface area contributed by atoms with Crippen molar-refractivity contribution in [2.75, 3.05) is 11.9 Å². The molecule has 10 heteroatoms. The molecular weight excluding hydrogens is 426 g/mol. The van der Waals surface area contributed by atoms with Crippen LogP contribution in [0.1, 0.15) is 29.8 Å². The molecule has 0 fully saturated rings. The molecule has 9 nitrogen and oxygen atoms in total. The molecule has 31 heavy (non-hydrogen) atoms. The number of nitrogens with zero attached hydrogens (tertiary/aromatic N) is 1. The number of nitro benzene ring substituents is 1. The highest BCUT2D eigenvalue weighted by Gasteiger charge is 2.28. The summed E-state index contributed by atoms with van der Waals surface area (Å²) in [4.78, 5) is 47.1. The Labute approximate surface area is 183 Å². The minimum absolute atomic E-state index is 0.0252. The number of nitrogens with one attached hydrogen (secondary N) is 2. The van der Waals surface area contributed by atoms with Gasteiger partial charge in [-0.3, -0.25) is 19.7 Å². The first kappa shape index (κ1) is 23.8. The lowest BCUT2D eigenvalue weighted by Crippen LogP contribution is -2.46. The topological polar surface area (TPSA) is 128 Å². The highest BCUT2D eigenvalue weighted by molar-refractivity contribution is 6.34. The van der Waals surface area contributed by atoms with E-state index < -0.39 is 35.4 Å². The van der Waals surface area contributed by atoms with Crippen molar-refractivity contribution in [1.29, 1.82) is 0 Å². The smallest absolute Gasteiger partial charge is 0.329 e. The molecule has 2 aromatic carbocycles. The summed E-state index contributed by atoms with van der Waals surface area (Å²) in [7, 11) is 0. The Bertz CT molecular complexity index is 991. The summed E-state index contributed by atoms with van der Waals surface area (Å²) in [5.41, 5.74) is 1.31. The number of hydrogen-bond acceptors (Lipinski definition) is 6. The van der Waals surface area contributed by atoms with Crippen LogP contribution in [0, 0.1) is 23.0 Å². The second-order valence-electron chi connectivity index (χ2n) is 7.14. The number of rotatable bonds is 8. The number of anilines is 1. The highest BCUT2D eigenvalue weighted by atomic mass is 35.5. The number of hydrogen-bond donors (Lipinski definition) is 2. The van der Waals surface area contributed by atoms with Crippen LogP contribution < -0.4 is 10.6 Å². The molecule has 0 unspecified atom stereocenters. The lowest BCUT2D eigenvalue weighted by Gasteiger charge is -2.21. The van der Waals surface area contributed by atoms with Gasteiger partial charge in [-0.25, -0.2) is 4.79 Å². The quantitative estimate of drug-likeness (QED) is 0.362.